The molecule has 1 aliphatic heterocycles. The van der Waals surface area contributed by atoms with E-state index in [9.17, 15) is 13.2 Å². The monoisotopic (exact) mass is 564 g/mol. The van der Waals surface area contributed by atoms with Crippen LogP contribution >= 0.6 is 22.9 Å². The zero-order valence-corrected chi connectivity index (χ0v) is 24.0. The molecule has 1 unspecified atom stereocenters. The number of anilines is 1. The van der Waals surface area contributed by atoms with E-state index in [4.69, 9.17) is 21.3 Å². The lowest BCUT2D eigenvalue weighted by atomic mass is 10.2. The predicted octanol–water partition coefficient (Wildman–Crippen LogP) is 4.79. The normalized spacial score (nSPS) is 16.5. The van der Waals surface area contributed by atoms with Gasteiger partial charge in [0.15, 0.2) is 5.13 Å². The molecule has 2 heterocycles. The minimum atomic E-state index is -3.87. The van der Waals surface area contributed by atoms with E-state index in [1.165, 1.54) is 27.8 Å². The molecule has 0 spiro atoms. The van der Waals surface area contributed by atoms with E-state index in [1.54, 1.807) is 24.1 Å². The van der Waals surface area contributed by atoms with Gasteiger partial charge in [-0.3, -0.25) is 9.69 Å². The Morgan fingerprint density at radius 1 is 1.16 bits per heavy atom. The minimum absolute atomic E-state index is 0.131. The first-order chi connectivity index (χ1) is 17.7. The van der Waals surface area contributed by atoms with E-state index in [2.05, 4.69) is 18.7 Å². The first-order valence-corrected chi connectivity index (χ1v) is 15.1. The predicted molar refractivity (Wildman–Crippen MR) is 149 cm³/mol. The number of aryl methyl sites for hydroxylation is 1. The van der Waals surface area contributed by atoms with Crippen molar-refractivity contribution in [2.45, 2.75) is 44.6 Å². The SMILES string of the molecule is CCN(CC)CCN(C(=O)C1CCCN1S(=O)(=O)c1ccc(Cl)cc1)c1nc2c(OC)ccc(C)c2s1. The minimum Gasteiger partial charge on any atom is -0.494 e. The van der Waals surface area contributed by atoms with Crippen molar-refractivity contribution < 1.29 is 17.9 Å². The van der Waals surface area contributed by atoms with E-state index in [0.717, 1.165) is 23.4 Å². The average Bonchev–Trinajstić information content (AvgIpc) is 3.56. The number of benzene rings is 2. The molecule has 1 saturated heterocycles. The first kappa shape index (κ1) is 27.8. The molecule has 0 radical (unpaired) electrons. The summed E-state index contributed by atoms with van der Waals surface area (Å²) < 4.78 is 34.9. The fourth-order valence-corrected chi connectivity index (χ4v) is 7.52. The molecule has 0 bridgehead atoms. The third kappa shape index (κ3) is 5.63. The molecule has 11 heteroatoms. The quantitative estimate of drug-likeness (QED) is 0.352. The van der Waals surface area contributed by atoms with Gasteiger partial charge in [-0.1, -0.05) is 42.9 Å². The highest BCUT2D eigenvalue weighted by atomic mass is 35.5. The zero-order chi connectivity index (χ0) is 26.7. The number of fused-ring (bicyclic) bond motifs is 1. The van der Waals surface area contributed by atoms with Crippen LogP contribution in [0.1, 0.15) is 32.3 Å². The number of hydrogen-bond acceptors (Lipinski definition) is 7. The molecule has 1 aliphatic rings. The smallest absolute Gasteiger partial charge is 0.247 e. The van der Waals surface area contributed by atoms with Crippen LogP contribution in [-0.2, 0) is 14.8 Å². The van der Waals surface area contributed by atoms with Crippen LogP contribution < -0.4 is 9.64 Å². The highest BCUT2D eigenvalue weighted by Gasteiger charge is 2.42. The molecule has 0 saturated carbocycles. The fraction of sp³-hybridized carbons (Fsp3) is 0.462. The number of likely N-dealkylation sites (N-methyl/N-ethyl adjacent to an activating group) is 1. The number of thiazole rings is 1. The maximum Gasteiger partial charge on any atom is 0.247 e. The van der Waals surface area contributed by atoms with Crippen molar-refractivity contribution in [3.05, 3.63) is 47.0 Å². The number of halogens is 1. The van der Waals surface area contributed by atoms with Gasteiger partial charge in [-0.05, 0) is 68.8 Å². The molecular formula is C26H33ClN4O4S2. The molecule has 3 aromatic rings. The Balaban J connectivity index is 1.72. The first-order valence-electron chi connectivity index (χ1n) is 12.5. The Kier molecular flexibility index (Phi) is 8.75. The standard InChI is InChI=1S/C26H33ClN4O4S2/c1-5-29(6-2)16-17-30(26-28-23-22(35-4)14-9-18(3)24(23)36-26)25(32)21-8-7-15-31(21)37(33,34)20-12-10-19(27)11-13-20/h9-14,21H,5-8,15-17H2,1-4H3. The van der Waals surface area contributed by atoms with E-state index >= 15 is 0 Å². The molecule has 0 N–H and O–H groups in total. The number of amides is 1. The van der Waals surface area contributed by atoms with E-state index in [0.29, 0.717) is 47.4 Å². The number of hydrogen-bond donors (Lipinski definition) is 0. The number of carbonyl (C=O) groups is 1. The molecule has 200 valence electrons. The van der Waals surface area contributed by atoms with Gasteiger partial charge in [0.25, 0.3) is 0 Å². The van der Waals surface area contributed by atoms with E-state index in [1.807, 2.05) is 19.1 Å². The number of aromatic nitrogens is 1. The second-order valence-corrected chi connectivity index (χ2v) is 12.3. The molecular weight excluding hydrogens is 532 g/mol. The van der Waals surface area contributed by atoms with Gasteiger partial charge in [-0.25, -0.2) is 13.4 Å². The number of nitrogens with zero attached hydrogens (tertiary/aromatic N) is 4. The summed E-state index contributed by atoms with van der Waals surface area (Å²) in [5, 5.41) is 1.01. The van der Waals surface area contributed by atoms with Crippen LogP contribution in [0.15, 0.2) is 41.3 Å². The van der Waals surface area contributed by atoms with Crippen molar-refractivity contribution >= 4 is 54.2 Å². The number of sulfonamides is 1. The maximum atomic E-state index is 14.1. The van der Waals surface area contributed by atoms with Crippen LogP contribution in [0.5, 0.6) is 5.75 Å². The fourth-order valence-electron chi connectivity index (χ4n) is 4.66. The average molecular weight is 565 g/mol. The van der Waals surface area contributed by atoms with Gasteiger partial charge in [-0.15, -0.1) is 0 Å². The van der Waals surface area contributed by atoms with Gasteiger partial charge < -0.3 is 9.64 Å². The van der Waals surface area contributed by atoms with Crippen molar-refractivity contribution in [3.63, 3.8) is 0 Å². The van der Waals surface area contributed by atoms with Gasteiger partial charge in [0.05, 0.1) is 16.7 Å². The lowest BCUT2D eigenvalue weighted by Gasteiger charge is -2.30. The summed E-state index contributed by atoms with van der Waals surface area (Å²) in [7, 11) is -2.27. The lowest BCUT2D eigenvalue weighted by Crippen LogP contribution is -2.49. The van der Waals surface area contributed by atoms with Gasteiger partial charge in [0.2, 0.25) is 15.9 Å². The molecule has 37 heavy (non-hydrogen) atoms. The Labute approximate surface area is 227 Å². The van der Waals surface area contributed by atoms with Crippen LogP contribution in [0.25, 0.3) is 10.2 Å². The van der Waals surface area contributed by atoms with Crippen LogP contribution in [0.2, 0.25) is 5.02 Å². The molecule has 4 rings (SSSR count). The Bertz CT molecular complexity index is 1360. The molecule has 1 amide bonds. The summed E-state index contributed by atoms with van der Waals surface area (Å²) in [6.07, 6.45) is 1.07. The van der Waals surface area contributed by atoms with Crippen LogP contribution in [0, 0.1) is 6.92 Å². The number of rotatable bonds is 10. The van der Waals surface area contributed by atoms with Crippen molar-refractivity contribution in [1.29, 1.82) is 0 Å². The van der Waals surface area contributed by atoms with Crippen molar-refractivity contribution in [1.82, 2.24) is 14.2 Å². The van der Waals surface area contributed by atoms with E-state index < -0.39 is 16.1 Å². The molecule has 0 aliphatic carbocycles. The van der Waals surface area contributed by atoms with Gasteiger partial charge >= 0.3 is 0 Å². The van der Waals surface area contributed by atoms with Crippen LogP contribution in [-0.4, -0.2) is 74.4 Å². The molecule has 2 aromatic carbocycles. The molecule has 1 atom stereocenters. The zero-order valence-electron chi connectivity index (χ0n) is 21.6. The second kappa shape index (κ2) is 11.7. The van der Waals surface area contributed by atoms with Gasteiger partial charge in [0, 0.05) is 24.7 Å². The van der Waals surface area contributed by atoms with Crippen LogP contribution in [0.3, 0.4) is 0 Å². The Morgan fingerprint density at radius 3 is 2.51 bits per heavy atom. The highest BCUT2D eigenvalue weighted by molar-refractivity contribution is 7.89. The number of methoxy groups -OCH3 is 1. The van der Waals surface area contributed by atoms with Gasteiger partial charge in [0.1, 0.15) is 17.3 Å². The Hall–Kier alpha value is -2.24. The van der Waals surface area contributed by atoms with Crippen molar-refractivity contribution in [2.75, 3.05) is 44.7 Å². The van der Waals surface area contributed by atoms with Crippen LogP contribution in [0.4, 0.5) is 5.13 Å². The molecule has 1 aromatic heterocycles. The van der Waals surface area contributed by atoms with E-state index in [-0.39, 0.29) is 17.3 Å². The summed E-state index contributed by atoms with van der Waals surface area (Å²) >= 11 is 7.41. The Morgan fingerprint density at radius 2 is 1.86 bits per heavy atom. The third-order valence-corrected chi connectivity index (χ3v) is 10.2. The number of ether oxygens (including phenoxy) is 1. The molecule has 8 nitrogen and oxygen atoms in total. The largest absolute Gasteiger partial charge is 0.494 e. The summed E-state index contributed by atoms with van der Waals surface area (Å²) in [6.45, 7) is 9.23. The second-order valence-electron chi connectivity index (χ2n) is 9.00. The van der Waals surface area contributed by atoms with Gasteiger partial charge in [-0.2, -0.15) is 4.31 Å². The third-order valence-electron chi connectivity index (χ3n) is 6.85. The summed E-state index contributed by atoms with van der Waals surface area (Å²) in [5.74, 6) is 0.393. The van der Waals surface area contributed by atoms with Crippen molar-refractivity contribution in [3.8, 4) is 5.75 Å². The molecule has 1 fully saturated rings. The topological polar surface area (TPSA) is 83.0 Å². The highest BCUT2D eigenvalue weighted by Crippen LogP contribution is 2.37. The summed E-state index contributed by atoms with van der Waals surface area (Å²) in [4.78, 5) is 23.0. The lowest BCUT2D eigenvalue weighted by molar-refractivity contribution is -0.121. The van der Waals surface area contributed by atoms with Crippen molar-refractivity contribution in [2.24, 2.45) is 0 Å². The summed E-state index contributed by atoms with van der Waals surface area (Å²) in [5.41, 5.74) is 1.75. The number of carbonyl (C=O) groups excluding carboxylic acids is 1. The maximum absolute atomic E-state index is 14.1. The summed E-state index contributed by atoms with van der Waals surface area (Å²) in [6, 6.07) is 9.12.